The SMILES string of the molecule is CCOc1ccc(-c2noc(CN3N=N[C@@H]4C(=O)N(c5ccc(C)c(Cl)c5)C(=O)[C@@H]43)n2)cc1OC. The normalized spacial score (nSPS) is 19.0. The first-order valence-electron chi connectivity index (χ1n) is 10.9. The predicted octanol–water partition coefficient (Wildman–Crippen LogP) is 3.60. The number of hydrogen-bond donors (Lipinski definition) is 0. The second-order valence-corrected chi connectivity index (χ2v) is 8.36. The van der Waals surface area contributed by atoms with Crippen LogP contribution in [0.25, 0.3) is 11.4 Å². The van der Waals surface area contributed by atoms with Gasteiger partial charge in [0.25, 0.3) is 11.8 Å². The van der Waals surface area contributed by atoms with Crippen LogP contribution in [-0.4, -0.2) is 52.8 Å². The number of methoxy groups -OCH3 is 1. The van der Waals surface area contributed by atoms with E-state index < -0.39 is 23.9 Å². The highest BCUT2D eigenvalue weighted by Crippen LogP contribution is 2.35. The van der Waals surface area contributed by atoms with Crippen molar-refractivity contribution in [3.8, 4) is 22.9 Å². The Morgan fingerprint density at radius 3 is 2.69 bits per heavy atom. The number of aryl methyl sites for hydroxylation is 1. The van der Waals surface area contributed by atoms with E-state index in [1.807, 2.05) is 13.8 Å². The Morgan fingerprint density at radius 2 is 1.94 bits per heavy atom. The van der Waals surface area contributed by atoms with Crippen LogP contribution in [0.2, 0.25) is 5.02 Å². The van der Waals surface area contributed by atoms with Gasteiger partial charge in [0, 0.05) is 10.6 Å². The summed E-state index contributed by atoms with van der Waals surface area (Å²) < 4.78 is 16.3. The molecule has 1 saturated heterocycles. The monoisotopic (exact) mass is 496 g/mol. The molecule has 2 aliphatic rings. The van der Waals surface area contributed by atoms with Gasteiger partial charge in [-0.2, -0.15) is 10.1 Å². The molecule has 1 fully saturated rings. The average molecular weight is 497 g/mol. The van der Waals surface area contributed by atoms with E-state index in [1.165, 1.54) is 5.01 Å². The van der Waals surface area contributed by atoms with Crippen molar-refractivity contribution >= 4 is 29.1 Å². The van der Waals surface area contributed by atoms with Gasteiger partial charge in [-0.05, 0) is 49.7 Å². The molecule has 11 nitrogen and oxygen atoms in total. The highest BCUT2D eigenvalue weighted by Gasteiger charge is 2.55. The van der Waals surface area contributed by atoms with Crippen molar-refractivity contribution in [2.75, 3.05) is 18.6 Å². The number of rotatable bonds is 7. The highest BCUT2D eigenvalue weighted by atomic mass is 35.5. The van der Waals surface area contributed by atoms with Gasteiger partial charge in [0.2, 0.25) is 11.7 Å². The van der Waals surface area contributed by atoms with Gasteiger partial charge in [-0.25, -0.2) is 4.90 Å². The standard InChI is InChI=1S/C23H21ClN6O5/c1-4-34-16-8-6-13(9-17(16)33-3)21-25-18(35-27-21)11-29-20-19(26-28-29)22(31)30(23(20)32)14-7-5-12(2)15(24)10-14/h5-10,19-20H,4,11H2,1-3H3/t19-,20+/m0/s1. The number of fused-ring (bicyclic) bond motifs is 1. The number of hydrogen-bond acceptors (Lipinski definition) is 10. The summed E-state index contributed by atoms with van der Waals surface area (Å²) in [5, 5.41) is 13.9. The maximum Gasteiger partial charge on any atom is 0.263 e. The molecule has 0 unspecified atom stereocenters. The van der Waals surface area contributed by atoms with E-state index in [2.05, 4.69) is 20.5 Å². The molecule has 5 rings (SSSR count). The van der Waals surface area contributed by atoms with Gasteiger partial charge in [-0.1, -0.05) is 28.0 Å². The molecule has 2 aliphatic heterocycles. The van der Waals surface area contributed by atoms with Crippen LogP contribution in [0.4, 0.5) is 5.69 Å². The summed E-state index contributed by atoms with van der Waals surface area (Å²) >= 11 is 6.20. The number of benzene rings is 2. The fourth-order valence-corrected chi connectivity index (χ4v) is 4.16. The number of imide groups is 1. The molecule has 2 amide bonds. The van der Waals surface area contributed by atoms with Crippen molar-refractivity contribution < 1.29 is 23.6 Å². The van der Waals surface area contributed by atoms with Crippen LogP contribution < -0.4 is 14.4 Å². The smallest absolute Gasteiger partial charge is 0.263 e. The summed E-state index contributed by atoms with van der Waals surface area (Å²) in [5.41, 5.74) is 1.90. The number of amides is 2. The van der Waals surface area contributed by atoms with Gasteiger partial charge in [0.05, 0.1) is 19.4 Å². The number of nitrogens with zero attached hydrogens (tertiary/aromatic N) is 6. The quantitative estimate of drug-likeness (QED) is 0.454. The maximum absolute atomic E-state index is 13.2. The Balaban J connectivity index is 1.34. The largest absolute Gasteiger partial charge is 0.493 e. The lowest BCUT2D eigenvalue weighted by molar-refractivity contribution is -0.123. The minimum absolute atomic E-state index is 0.00729. The van der Waals surface area contributed by atoms with Crippen LogP contribution in [0.1, 0.15) is 18.4 Å². The van der Waals surface area contributed by atoms with Gasteiger partial charge in [-0.3, -0.25) is 14.6 Å². The number of ether oxygens (including phenoxy) is 2. The number of aromatic nitrogens is 2. The summed E-state index contributed by atoms with van der Waals surface area (Å²) in [6, 6.07) is 8.47. The highest BCUT2D eigenvalue weighted by molar-refractivity contribution is 6.32. The van der Waals surface area contributed by atoms with E-state index in [-0.39, 0.29) is 12.4 Å². The third-order valence-electron chi connectivity index (χ3n) is 5.76. The van der Waals surface area contributed by atoms with E-state index in [4.69, 9.17) is 25.6 Å². The van der Waals surface area contributed by atoms with Crippen LogP contribution in [0.3, 0.4) is 0 Å². The van der Waals surface area contributed by atoms with Crippen LogP contribution >= 0.6 is 11.6 Å². The number of halogens is 1. The summed E-state index contributed by atoms with van der Waals surface area (Å²) in [6.45, 7) is 4.24. The molecule has 1 aromatic heterocycles. The topological polar surface area (TPSA) is 123 Å². The zero-order valence-electron chi connectivity index (χ0n) is 19.1. The second-order valence-electron chi connectivity index (χ2n) is 7.95. The molecule has 3 heterocycles. The van der Waals surface area contributed by atoms with Gasteiger partial charge in [-0.15, -0.1) is 0 Å². The molecule has 0 bridgehead atoms. The molecule has 2 atom stereocenters. The summed E-state index contributed by atoms with van der Waals surface area (Å²) in [6.07, 6.45) is 0. The first kappa shape index (κ1) is 22.8. The Hall–Kier alpha value is -3.99. The lowest BCUT2D eigenvalue weighted by Gasteiger charge is -2.19. The van der Waals surface area contributed by atoms with Gasteiger partial charge < -0.3 is 14.0 Å². The molecule has 2 aromatic carbocycles. The predicted molar refractivity (Wildman–Crippen MR) is 124 cm³/mol. The zero-order valence-corrected chi connectivity index (χ0v) is 19.9. The van der Waals surface area contributed by atoms with Crippen LogP contribution in [0.15, 0.2) is 51.3 Å². The Bertz CT molecular complexity index is 1340. The van der Waals surface area contributed by atoms with Gasteiger partial charge in [0.15, 0.2) is 23.6 Å². The van der Waals surface area contributed by atoms with E-state index >= 15 is 0 Å². The lowest BCUT2D eigenvalue weighted by Crippen LogP contribution is -2.39. The zero-order chi connectivity index (χ0) is 24.7. The number of carbonyl (C=O) groups is 2. The van der Waals surface area contributed by atoms with Crippen molar-refractivity contribution in [2.45, 2.75) is 32.5 Å². The fraction of sp³-hybridized carbons (Fsp3) is 0.304. The molecular formula is C23H21ClN6O5. The summed E-state index contributed by atoms with van der Waals surface area (Å²) in [7, 11) is 1.55. The molecule has 180 valence electrons. The summed E-state index contributed by atoms with van der Waals surface area (Å²) in [4.78, 5) is 31.6. The van der Waals surface area contributed by atoms with Crippen molar-refractivity contribution in [2.24, 2.45) is 10.3 Å². The van der Waals surface area contributed by atoms with Gasteiger partial charge in [0.1, 0.15) is 6.54 Å². The Morgan fingerprint density at radius 1 is 1.11 bits per heavy atom. The molecule has 0 aliphatic carbocycles. The molecular weight excluding hydrogens is 476 g/mol. The Labute approximate surface area is 205 Å². The fourth-order valence-electron chi connectivity index (χ4n) is 3.99. The van der Waals surface area contributed by atoms with Crippen LogP contribution in [-0.2, 0) is 16.1 Å². The maximum atomic E-state index is 13.2. The van der Waals surface area contributed by atoms with E-state index in [0.29, 0.717) is 40.2 Å². The van der Waals surface area contributed by atoms with Gasteiger partial charge >= 0.3 is 0 Å². The second kappa shape index (κ2) is 8.99. The molecule has 35 heavy (non-hydrogen) atoms. The average Bonchev–Trinajstić information content (AvgIpc) is 3.54. The summed E-state index contributed by atoms with van der Waals surface area (Å²) in [5.74, 6) is 0.788. The van der Waals surface area contributed by atoms with E-state index in [1.54, 1.807) is 43.5 Å². The van der Waals surface area contributed by atoms with E-state index in [0.717, 1.165) is 10.5 Å². The van der Waals surface area contributed by atoms with Crippen LogP contribution in [0, 0.1) is 6.92 Å². The minimum atomic E-state index is -0.944. The molecule has 0 radical (unpaired) electrons. The van der Waals surface area contributed by atoms with Crippen molar-refractivity contribution in [1.29, 1.82) is 0 Å². The van der Waals surface area contributed by atoms with Crippen molar-refractivity contribution in [3.63, 3.8) is 0 Å². The first-order valence-corrected chi connectivity index (χ1v) is 11.2. The Kier molecular flexibility index (Phi) is 5.85. The number of anilines is 1. The van der Waals surface area contributed by atoms with Crippen molar-refractivity contribution in [3.05, 3.63) is 52.9 Å². The first-order chi connectivity index (χ1) is 16.9. The van der Waals surface area contributed by atoms with E-state index in [9.17, 15) is 9.59 Å². The molecule has 0 saturated carbocycles. The number of carbonyl (C=O) groups excluding carboxylic acids is 2. The lowest BCUT2D eigenvalue weighted by atomic mass is 10.1. The van der Waals surface area contributed by atoms with Crippen LogP contribution in [0.5, 0.6) is 11.5 Å². The minimum Gasteiger partial charge on any atom is -0.493 e. The molecule has 0 spiro atoms. The van der Waals surface area contributed by atoms with Crippen molar-refractivity contribution in [1.82, 2.24) is 15.1 Å². The third kappa shape index (κ3) is 3.97. The third-order valence-corrected chi connectivity index (χ3v) is 6.17. The molecule has 3 aromatic rings. The molecule has 12 heteroatoms. The molecule has 0 N–H and O–H groups in total.